The molecular weight excluding hydrogens is 382 g/mol. The maximum atomic E-state index is 9.21. The van der Waals surface area contributed by atoms with Gasteiger partial charge in [0.05, 0.1) is 30.7 Å². The standard InChI is InChI=1S/C12H12N6O.C9H19NO/c1-7-11(16-9(5-19)12(13)15-7)8-2-3-18-6-14-17-10(18)4-8;1-4-9(5-2)6-11-7(3)8(9)10/h2-4,6,19H,5H2,1H3,(H2,13,15);7-8H,4-6,10H2,1-3H3/t;7-,8+/m.0/s1. The quantitative estimate of drug-likeness (QED) is 0.591. The van der Waals surface area contributed by atoms with E-state index in [0.29, 0.717) is 17.1 Å². The summed E-state index contributed by atoms with van der Waals surface area (Å²) in [5.74, 6) is 0.257. The number of hydrogen-bond acceptors (Lipinski definition) is 8. The Morgan fingerprint density at radius 3 is 2.60 bits per heavy atom. The van der Waals surface area contributed by atoms with Gasteiger partial charge in [-0.1, -0.05) is 13.8 Å². The molecule has 162 valence electrons. The van der Waals surface area contributed by atoms with Gasteiger partial charge in [-0.2, -0.15) is 0 Å². The van der Waals surface area contributed by atoms with Crippen molar-refractivity contribution >= 4 is 11.5 Å². The summed E-state index contributed by atoms with van der Waals surface area (Å²) in [5.41, 5.74) is 15.4. The van der Waals surface area contributed by atoms with Crippen molar-refractivity contribution in [3.63, 3.8) is 0 Å². The lowest BCUT2D eigenvalue weighted by molar-refractivity contribution is 0.102. The molecule has 0 radical (unpaired) electrons. The minimum Gasteiger partial charge on any atom is -0.390 e. The topological polar surface area (TPSA) is 137 Å². The number of aromatic nitrogens is 5. The highest BCUT2D eigenvalue weighted by atomic mass is 16.5. The monoisotopic (exact) mass is 413 g/mol. The van der Waals surface area contributed by atoms with E-state index in [1.807, 2.05) is 25.3 Å². The molecule has 4 heterocycles. The highest BCUT2D eigenvalue weighted by molar-refractivity contribution is 5.66. The van der Waals surface area contributed by atoms with Crippen LogP contribution < -0.4 is 11.5 Å². The first-order valence-electron chi connectivity index (χ1n) is 10.3. The van der Waals surface area contributed by atoms with Crippen LogP contribution in [-0.2, 0) is 11.3 Å². The lowest BCUT2D eigenvalue weighted by Crippen LogP contribution is -2.42. The first-order chi connectivity index (χ1) is 14.3. The second-order valence-electron chi connectivity index (χ2n) is 7.77. The number of hydrogen-bond donors (Lipinski definition) is 3. The summed E-state index contributed by atoms with van der Waals surface area (Å²) in [4.78, 5) is 8.56. The molecule has 4 rings (SSSR count). The number of aliphatic hydroxyl groups is 1. The fourth-order valence-electron chi connectivity index (χ4n) is 3.85. The van der Waals surface area contributed by atoms with Crippen LogP contribution in [0.2, 0.25) is 0 Å². The van der Waals surface area contributed by atoms with Gasteiger partial charge < -0.3 is 21.3 Å². The van der Waals surface area contributed by atoms with Gasteiger partial charge in [0.2, 0.25) is 0 Å². The van der Waals surface area contributed by atoms with E-state index in [4.69, 9.17) is 16.2 Å². The average Bonchev–Trinajstić information content (AvgIpc) is 3.33. The van der Waals surface area contributed by atoms with Crippen LogP contribution in [-0.4, -0.2) is 48.4 Å². The molecule has 1 fully saturated rings. The van der Waals surface area contributed by atoms with E-state index in [0.717, 1.165) is 30.7 Å². The van der Waals surface area contributed by atoms with Crippen LogP contribution in [0, 0.1) is 12.3 Å². The molecule has 5 N–H and O–H groups in total. The fraction of sp³-hybridized carbons (Fsp3) is 0.524. The van der Waals surface area contributed by atoms with Gasteiger partial charge in [-0.3, -0.25) is 4.40 Å². The third kappa shape index (κ3) is 4.14. The van der Waals surface area contributed by atoms with Crippen molar-refractivity contribution < 1.29 is 9.84 Å². The van der Waals surface area contributed by atoms with Gasteiger partial charge in [0, 0.05) is 23.2 Å². The zero-order chi connectivity index (χ0) is 21.9. The van der Waals surface area contributed by atoms with Crippen LogP contribution in [0.25, 0.3) is 16.9 Å². The van der Waals surface area contributed by atoms with E-state index in [1.165, 1.54) is 0 Å². The SMILES string of the molecule is CCC1(CC)CO[C@@H](C)[C@H]1N.Cc1nc(N)c(CO)nc1-c1ccn2cnnc2c1. The van der Waals surface area contributed by atoms with Gasteiger partial charge in [0.15, 0.2) is 5.65 Å². The van der Waals surface area contributed by atoms with E-state index in [2.05, 4.69) is 40.9 Å². The minimum absolute atomic E-state index is 0.234. The Kier molecular flexibility index (Phi) is 6.64. The van der Waals surface area contributed by atoms with E-state index >= 15 is 0 Å². The molecule has 2 atom stereocenters. The van der Waals surface area contributed by atoms with Crippen LogP contribution in [0.15, 0.2) is 24.7 Å². The van der Waals surface area contributed by atoms with E-state index in [1.54, 1.807) is 10.7 Å². The number of fused-ring (bicyclic) bond motifs is 1. The maximum absolute atomic E-state index is 9.21. The lowest BCUT2D eigenvalue weighted by atomic mass is 9.77. The molecule has 9 nitrogen and oxygen atoms in total. The highest BCUT2D eigenvalue weighted by Gasteiger charge is 2.42. The summed E-state index contributed by atoms with van der Waals surface area (Å²) >= 11 is 0. The van der Waals surface area contributed by atoms with Crippen molar-refractivity contribution in [3.8, 4) is 11.3 Å². The van der Waals surface area contributed by atoms with E-state index in [-0.39, 0.29) is 30.0 Å². The number of pyridine rings is 1. The number of nitrogens with zero attached hydrogens (tertiary/aromatic N) is 5. The molecule has 0 amide bonds. The predicted molar refractivity (Wildman–Crippen MR) is 115 cm³/mol. The van der Waals surface area contributed by atoms with Gasteiger partial charge >= 0.3 is 0 Å². The zero-order valence-corrected chi connectivity index (χ0v) is 18.0. The molecule has 3 aromatic heterocycles. The van der Waals surface area contributed by atoms with E-state index < -0.39 is 0 Å². The summed E-state index contributed by atoms with van der Waals surface area (Å²) < 4.78 is 7.34. The second-order valence-corrected chi connectivity index (χ2v) is 7.77. The summed E-state index contributed by atoms with van der Waals surface area (Å²) in [6.45, 7) is 8.91. The molecule has 30 heavy (non-hydrogen) atoms. The molecule has 0 saturated carbocycles. The Morgan fingerprint density at radius 2 is 2.03 bits per heavy atom. The smallest absolute Gasteiger partial charge is 0.161 e. The summed E-state index contributed by atoms with van der Waals surface area (Å²) in [6.07, 6.45) is 5.99. The largest absolute Gasteiger partial charge is 0.390 e. The highest BCUT2D eigenvalue weighted by Crippen LogP contribution is 2.37. The second kappa shape index (κ2) is 9.03. The average molecular weight is 414 g/mol. The number of rotatable bonds is 4. The van der Waals surface area contributed by atoms with Gasteiger partial charge in [0.1, 0.15) is 17.8 Å². The number of ether oxygens (including phenoxy) is 1. The van der Waals surface area contributed by atoms with Gasteiger partial charge in [0.25, 0.3) is 0 Å². The summed E-state index contributed by atoms with van der Waals surface area (Å²) in [5, 5.41) is 17.0. The number of nitrogen functional groups attached to an aromatic ring is 1. The zero-order valence-electron chi connectivity index (χ0n) is 18.0. The van der Waals surface area contributed by atoms with Crippen LogP contribution in [0.1, 0.15) is 45.0 Å². The van der Waals surface area contributed by atoms with Crippen molar-refractivity contribution in [3.05, 3.63) is 36.0 Å². The summed E-state index contributed by atoms with van der Waals surface area (Å²) in [6, 6.07) is 3.99. The van der Waals surface area contributed by atoms with Gasteiger partial charge in [-0.15, -0.1) is 10.2 Å². The van der Waals surface area contributed by atoms with Crippen molar-refractivity contribution in [2.24, 2.45) is 11.1 Å². The number of anilines is 1. The Bertz CT molecular complexity index is 1000. The van der Waals surface area contributed by atoms with Crippen molar-refractivity contribution in [2.75, 3.05) is 12.3 Å². The van der Waals surface area contributed by atoms with Crippen LogP contribution in [0.4, 0.5) is 5.82 Å². The van der Waals surface area contributed by atoms with Crippen molar-refractivity contribution in [1.29, 1.82) is 0 Å². The Morgan fingerprint density at radius 1 is 1.30 bits per heavy atom. The van der Waals surface area contributed by atoms with Gasteiger partial charge in [-0.25, -0.2) is 9.97 Å². The molecule has 1 aliphatic rings. The van der Waals surface area contributed by atoms with Crippen LogP contribution in [0.3, 0.4) is 0 Å². The Labute approximate surface area is 176 Å². The predicted octanol–water partition coefficient (Wildman–Crippen LogP) is 2.11. The Balaban J connectivity index is 0.000000199. The molecule has 0 unspecified atom stereocenters. The molecule has 0 aliphatic carbocycles. The molecule has 0 bridgehead atoms. The first-order valence-corrected chi connectivity index (χ1v) is 10.3. The third-order valence-electron chi connectivity index (χ3n) is 6.15. The van der Waals surface area contributed by atoms with Crippen LogP contribution >= 0.6 is 0 Å². The molecule has 3 aromatic rings. The number of nitrogens with two attached hydrogens (primary N) is 2. The molecule has 0 spiro atoms. The van der Waals surface area contributed by atoms with E-state index in [9.17, 15) is 5.11 Å². The molecular formula is C21H31N7O2. The molecule has 1 aliphatic heterocycles. The van der Waals surface area contributed by atoms with Crippen molar-refractivity contribution in [1.82, 2.24) is 24.6 Å². The third-order valence-corrected chi connectivity index (χ3v) is 6.15. The van der Waals surface area contributed by atoms with Crippen molar-refractivity contribution in [2.45, 2.75) is 59.3 Å². The number of aliphatic hydroxyl groups excluding tert-OH is 1. The fourth-order valence-corrected chi connectivity index (χ4v) is 3.85. The molecule has 9 heteroatoms. The van der Waals surface area contributed by atoms with Crippen LogP contribution in [0.5, 0.6) is 0 Å². The minimum atomic E-state index is -0.237. The Hall–Kier alpha value is -2.62. The molecule has 1 saturated heterocycles. The lowest BCUT2D eigenvalue weighted by Gasteiger charge is -2.29. The first kappa shape index (κ1) is 22.1. The normalized spacial score (nSPS) is 20.2. The van der Waals surface area contributed by atoms with Gasteiger partial charge in [-0.05, 0) is 38.8 Å². The maximum Gasteiger partial charge on any atom is 0.161 e. The number of aryl methyl sites for hydroxylation is 1. The molecule has 0 aromatic carbocycles. The summed E-state index contributed by atoms with van der Waals surface area (Å²) in [7, 11) is 0.